The first-order chi connectivity index (χ1) is 12.2. The quantitative estimate of drug-likeness (QED) is 0.813. The molecule has 1 aliphatic heterocycles. The van der Waals surface area contributed by atoms with Crippen molar-refractivity contribution in [2.24, 2.45) is 5.14 Å². The number of rotatable bonds is 5. The molecule has 1 atom stereocenters. The molecule has 0 fully saturated rings. The second-order valence-electron chi connectivity index (χ2n) is 6.42. The third kappa shape index (κ3) is 4.17. The highest BCUT2D eigenvalue weighted by atomic mass is 35.5. The SMILES string of the molecule is C[C@H]1Cc2cc(S(N)(=O)=O)ccc2N1CC(=O)NCc1ccc(Cl)cc1. The van der Waals surface area contributed by atoms with Crippen molar-refractivity contribution in [3.8, 4) is 0 Å². The molecule has 2 aromatic carbocycles. The van der Waals surface area contributed by atoms with Crippen LogP contribution in [0.15, 0.2) is 47.4 Å². The van der Waals surface area contributed by atoms with Gasteiger partial charge < -0.3 is 10.2 Å². The van der Waals surface area contributed by atoms with Crippen molar-refractivity contribution in [1.82, 2.24) is 5.32 Å². The summed E-state index contributed by atoms with van der Waals surface area (Å²) in [6.45, 7) is 2.63. The maximum Gasteiger partial charge on any atom is 0.239 e. The van der Waals surface area contributed by atoms with Gasteiger partial charge in [0, 0.05) is 23.3 Å². The standard InChI is InChI=1S/C18H20ClN3O3S/c1-12-8-14-9-16(26(20,24)25)6-7-17(14)22(12)11-18(23)21-10-13-2-4-15(19)5-3-13/h2-7,9,12H,8,10-11H2,1H3,(H,21,23)(H2,20,24,25)/t12-/m0/s1. The van der Waals surface area contributed by atoms with E-state index < -0.39 is 10.0 Å². The zero-order valence-electron chi connectivity index (χ0n) is 14.3. The Morgan fingerprint density at radius 1 is 1.27 bits per heavy atom. The van der Waals surface area contributed by atoms with E-state index in [9.17, 15) is 13.2 Å². The van der Waals surface area contributed by atoms with Crippen LogP contribution in [0.25, 0.3) is 0 Å². The first kappa shape index (κ1) is 18.7. The molecular formula is C18H20ClN3O3S. The first-order valence-electron chi connectivity index (χ1n) is 8.17. The minimum atomic E-state index is -3.73. The van der Waals surface area contributed by atoms with Crippen LogP contribution in [-0.4, -0.2) is 26.9 Å². The van der Waals surface area contributed by atoms with Crippen LogP contribution in [0, 0.1) is 0 Å². The molecule has 138 valence electrons. The van der Waals surface area contributed by atoms with Crippen LogP contribution in [-0.2, 0) is 27.8 Å². The number of fused-ring (bicyclic) bond motifs is 1. The molecule has 0 unspecified atom stereocenters. The van der Waals surface area contributed by atoms with Crippen molar-refractivity contribution in [3.63, 3.8) is 0 Å². The molecule has 1 heterocycles. The Labute approximate surface area is 158 Å². The zero-order valence-corrected chi connectivity index (χ0v) is 15.8. The molecule has 1 amide bonds. The van der Waals surface area contributed by atoms with Gasteiger partial charge in [0.2, 0.25) is 15.9 Å². The van der Waals surface area contributed by atoms with Crippen molar-refractivity contribution >= 4 is 33.2 Å². The van der Waals surface area contributed by atoms with Crippen LogP contribution in [0.5, 0.6) is 0 Å². The van der Waals surface area contributed by atoms with Crippen molar-refractivity contribution in [2.45, 2.75) is 30.8 Å². The molecule has 0 radical (unpaired) electrons. The summed E-state index contributed by atoms with van der Waals surface area (Å²) in [6, 6.07) is 12.2. The number of amides is 1. The van der Waals surface area contributed by atoms with Gasteiger partial charge in [-0.05, 0) is 54.8 Å². The van der Waals surface area contributed by atoms with Crippen molar-refractivity contribution in [1.29, 1.82) is 0 Å². The number of carbonyl (C=O) groups is 1. The fraction of sp³-hybridized carbons (Fsp3) is 0.278. The van der Waals surface area contributed by atoms with E-state index >= 15 is 0 Å². The predicted octanol–water partition coefficient (Wildman–Crippen LogP) is 2.05. The van der Waals surface area contributed by atoms with Crippen molar-refractivity contribution < 1.29 is 13.2 Å². The average Bonchev–Trinajstić information content (AvgIpc) is 2.88. The zero-order chi connectivity index (χ0) is 18.9. The molecule has 0 saturated heterocycles. The Morgan fingerprint density at radius 3 is 2.62 bits per heavy atom. The molecule has 26 heavy (non-hydrogen) atoms. The number of nitrogens with one attached hydrogen (secondary N) is 1. The maximum absolute atomic E-state index is 12.3. The fourth-order valence-corrected chi connectivity index (χ4v) is 3.79. The Kier molecular flexibility index (Phi) is 5.22. The number of anilines is 1. The summed E-state index contributed by atoms with van der Waals surface area (Å²) < 4.78 is 23.0. The topological polar surface area (TPSA) is 92.5 Å². The third-order valence-electron chi connectivity index (χ3n) is 4.45. The Balaban J connectivity index is 1.67. The van der Waals surface area contributed by atoms with Crippen LogP contribution in [0.2, 0.25) is 5.02 Å². The van der Waals surface area contributed by atoms with Gasteiger partial charge in [0.1, 0.15) is 0 Å². The van der Waals surface area contributed by atoms with Gasteiger partial charge in [0.25, 0.3) is 0 Å². The summed E-state index contributed by atoms with van der Waals surface area (Å²) in [5.74, 6) is -0.102. The van der Waals surface area contributed by atoms with Gasteiger partial charge in [-0.3, -0.25) is 4.79 Å². The molecule has 0 saturated carbocycles. The van der Waals surface area contributed by atoms with Crippen molar-refractivity contribution in [2.75, 3.05) is 11.4 Å². The molecule has 0 bridgehead atoms. The van der Waals surface area contributed by atoms with E-state index in [0.29, 0.717) is 18.0 Å². The molecule has 0 aliphatic carbocycles. The summed E-state index contributed by atoms with van der Waals surface area (Å²) in [5, 5.41) is 8.74. The van der Waals surface area contributed by atoms with E-state index in [2.05, 4.69) is 5.32 Å². The minimum absolute atomic E-state index is 0.0949. The number of hydrogen-bond donors (Lipinski definition) is 2. The van der Waals surface area contributed by atoms with E-state index in [1.165, 1.54) is 6.07 Å². The van der Waals surface area contributed by atoms with Gasteiger partial charge in [0.15, 0.2) is 0 Å². The summed E-state index contributed by atoms with van der Waals surface area (Å²) in [4.78, 5) is 14.4. The van der Waals surface area contributed by atoms with E-state index in [1.54, 1.807) is 24.3 Å². The summed E-state index contributed by atoms with van der Waals surface area (Å²) in [6.07, 6.45) is 0.670. The van der Waals surface area contributed by atoms with Crippen LogP contribution >= 0.6 is 11.6 Å². The van der Waals surface area contributed by atoms with Crippen LogP contribution in [0.3, 0.4) is 0 Å². The van der Waals surface area contributed by atoms with Crippen LogP contribution in [0.1, 0.15) is 18.1 Å². The van der Waals surface area contributed by atoms with Gasteiger partial charge in [-0.15, -0.1) is 0 Å². The van der Waals surface area contributed by atoms with Gasteiger partial charge >= 0.3 is 0 Å². The number of sulfonamides is 1. The molecule has 0 aromatic heterocycles. The number of nitrogens with zero attached hydrogens (tertiary/aromatic N) is 1. The van der Waals surface area contributed by atoms with Gasteiger partial charge in [0.05, 0.1) is 11.4 Å². The number of carbonyl (C=O) groups excluding carboxylic acids is 1. The number of hydrogen-bond acceptors (Lipinski definition) is 4. The van der Waals surface area contributed by atoms with Crippen LogP contribution < -0.4 is 15.4 Å². The Morgan fingerprint density at radius 2 is 1.96 bits per heavy atom. The average molecular weight is 394 g/mol. The predicted molar refractivity (Wildman–Crippen MR) is 102 cm³/mol. The lowest BCUT2D eigenvalue weighted by atomic mass is 10.1. The normalized spacial score (nSPS) is 16.4. The third-order valence-corrected chi connectivity index (χ3v) is 5.62. The van der Waals surface area contributed by atoms with E-state index in [-0.39, 0.29) is 23.4 Å². The molecule has 8 heteroatoms. The highest BCUT2D eigenvalue weighted by molar-refractivity contribution is 7.89. The van der Waals surface area contributed by atoms with Gasteiger partial charge in [-0.25, -0.2) is 13.6 Å². The molecule has 1 aliphatic rings. The van der Waals surface area contributed by atoms with E-state index in [1.807, 2.05) is 24.0 Å². The second kappa shape index (κ2) is 7.26. The lowest BCUT2D eigenvalue weighted by Gasteiger charge is -2.24. The number of nitrogens with two attached hydrogens (primary N) is 1. The molecule has 3 N–H and O–H groups in total. The Bertz CT molecular complexity index is 929. The summed E-state index contributed by atoms with van der Waals surface area (Å²) >= 11 is 5.85. The fourth-order valence-electron chi connectivity index (χ4n) is 3.10. The van der Waals surface area contributed by atoms with E-state index in [0.717, 1.165) is 16.8 Å². The smallest absolute Gasteiger partial charge is 0.239 e. The Hall–Kier alpha value is -2.09. The molecule has 3 rings (SSSR count). The van der Waals surface area contributed by atoms with Crippen molar-refractivity contribution in [3.05, 3.63) is 58.6 Å². The highest BCUT2D eigenvalue weighted by Gasteiger charge is 2.28. The van der Waals surface area contributed by atoms with E-state index in [4.69, 9.17) is 16.7 Å². The lowest BCUT2D eigenvalue weighted by Crippen LogP contribution is -2.39. The largest absolute Gasteiger partial charge is 0.359 e. The molecule has 6 nitrogen and oxygen atoms in total. The molecule has 2 aromatic rings. The summed E-state index contributed by atoms with van der Waals surface area (Å²) in [5.41, 5.74) is 2.72. The monoisotopic (exact) mass is 393 g/mol. The van der Waals surface area contributed by atoms with Gasteiger partial charge in [-0.1, -0.05) is 23.7 Å². The highest BCUT2D eigenvalue weighted by Crippen LogP contribution is 2.33. The molecular weight excluding hydrogens is 374 g/mol. The first-order valence-corrected chi connectivity index (χ1v) is 10.1. The second-order valence-corrected chi connectivity index (χ2v) is 8.42. The van der Waals surface area contributed by atoms with Gasteiger partial charge in [-0.2, -0.15) is 0 Å². The maximum atomic E-state index is 12.3. The number of halogens is 1. The number of benzene rings is 2. The molecule has 0 spiro atoms. The lowest BCUT2D eigenvalue weighted by molar-refractivity contribution is -0.120. The summed E-state index contributed by atoms with van der Waals surface area (Å²) in [7, 11) is -3.73. The minimum Gasteiger partial charge on any atom is -0.359 e. The number of primary sulfonamides is 1. The van der Waals surface area contributed by atoms with Crippen LogP contribution in [0.4, 0.5) is 5.69 Å².